The number of rotatable bonds is 17. The second-order valence-electron chi connectivity index (χ2n) is 12.9. The number of nitrogen functional groups attached to an aromatic ring is 2. The monoisotopic (exact) mass is 887 g/mol. The van der Waals surface area contributed by atoms with Crippen molar-refractivity contribution in [1.82, 2.24) is 0 Å². The van der Waals surface area contributed by atoms with E-state index in [-0.39, 0.29) is 64.1 Å². The van der Waals surface area contributed by atoms with Crippen molar-refractivity contribution < 1.29 is 49.6 Å². The third kappa shape index (κ3) is 12.1. The number of ether oxygens (including phenoxy) is 1. The molecular weight excluding hydrogens is 851 g/mol. The van der Waals surface area contributed by atoms with Gasteiger partial charge >= 0.3 is 16.4 Å². The first-order valence-corrected chi connectivity index (χ1v) is 20.6. The maximum atomic E-state index is 12.9. The van der Waals surface area contributed by atoms with Gasteiger partial charge in [0.2, 0.25) is 5.91 Å². The summed E-state index contributed by atoms with van der Waals surface area (Å²) in [6.07, 6.45) is 0.141. The zero-order chi connectivity index (χ0) is 45.2. The first kappa shape index (κ1) is 45.7. The molecule has 0 atom stereocenters. The number of nitrogens with one attached hydrogen (secondary N) is 1. The van der Waals surface area contributed by atoms with Crippen LogP contribution in [0, 0.1) is 6.92 Å². The molecule has 24 heteroatoms. The predicted molar refractivity (Wildman–Crippen MR) is 226 cm³/mol. The lowest BCUT2D eigenvalue weighted by atomic mass is 10.1. The molecular formula is C38H37N11O11S2. The standard InChI is InChI=1S/C38H37N11O11S2/c1-21-11-14-25(15-12-21)43-49-37-33(39)35(47-42-24-9-5-4-6-10-24)32(38(51)52)36(34(37)40)48-46-29-19-27(41-22(2)50)28(20-30(29)59-3)45-44-26-16-13-23(18-31(26)61(53,54)55)8-7-17-60-62(56,57)58/h4-6,9-16,18-20H,7-8,17,39-40H2,1-3H3,(H,41,50)(H,51,52)(H,53,54,55)(H,56,57,58). The van der Waals surface area contributed by atoms with Gasteiger partial charge in [-0.05, 0) is 67.8 Å². The Bertz CT molecular complexity index is 2860. The van der Waals surface area contributed by atoms with E-state index in [2.05, 4.69) is 50.4 Å². The largest absolute Gasteiger partial charge is 0.494 e. The lowest BCUT2D eigenvalue weighted by Gasteiger charge is -2.14. The SMILES string of the molecule is COc1cc(N=Nc2ccc(CCCOS(=O)(=O)O)cc2S(=O)(=O)O)c(NC(C)=O)cc1N=Nc1c(N)c(N=Nc2ccc(C)cc2)c(N)c(N=Nc2ccccc2)c1C(=O)O. The molecule has 0 heterocycles. The second-order valence-corrected chi connectivity index (χ2v) is 15.4. The van der Waals surface area contributed by atoms with E-state index < -0.39 is 55.1 Å². The van der Waals surface area contributed by atoms with E-state index in [4.69, 9.17) is 20.8 Å². The number of azo groups is 4. The smallest absolute Gasteiger partial charge is 0.397 e. The van der Waals surface area contributed by atoms with Crippen molar-refractivity contribution in [3.05, 3.63) is 102 Å². The summed E-state index contributed by atoms with van der Waals surface area (Å²) in [5.74, 6) is -2.18. The maximum Gasteiger partial charge on any atom is 0.397 e. The Morgan fingerprint density at radius 2 is 1.29 bits per heavy atom. The number of aryl methyl sites for hydroxylation is 2. The number of carbonyl (C=O) groups excluding carboxylic acids is 1. The van der Waals surface area contributed by atoms with Gasteiger partial charge in [0, 0.05) is 13.0 Å². The lowest BCUT2D eigenvalue weighted by molar-refractivity contribution is -0.114. The van der Waals surface area contributed by atoms with E-state index in [0.29, 0.717) is 16.9 Å². The Hall–Kier alpha value is -7.38. The molecule has 5 aromatic carbocycles. The molecule has 8 N–H and O–H groups in total. The van der Waals surface area contributed by atoms with Crippen molar-refractivity contribution >= 4 is 95.0 Å². The number of methoxy groups -OCH3 is 1. The molecule has 22 nitrogen and oxygen atoms in total. The van der Waals surface area contributed by atoms with Crippen LogP contribution in [0.15, 0.2) is 131 Å². The fraction of sp³-hybridized carbons (Fsp3) is 0.158. The summed E-state index contributed by atoms with van der Waals surface area (Å²) in [7, 11) is -8.30. The van der Waals surface area contributed by atoms with E-state index in [0.717, 1.165) is 11.6 Å². The molecule has 0 spiro atoms. The summed E-state index contributed by atoms with van der Waals surface area (Å²) in [6, 6.07) is 21.7. The maximum absolute atomic E-state index is 12.9. The van der Waals surface area contributed by atoms with Crippen LogP contribution in [0.4, 0.5) is 62.6 Å². The summed E-state index contributed by atoms with van der Waals surface area (Å²) in [5, 5.41) is 46.2. The van der Waals surface area contributed by atoms with Crippen LogP contribution in [0.2, 0.25) is 0 Å². The number of hydrogen-bond acceptors (Lipinski definition) is 18. The highest BCUT2D eigenvalue weighted by Gasteiger charge is 2.27. The number of carboxylic acids is 1. The fourth-order valence-electron chi connectivity index (χ4n) is 5.42. The van der Waals surface area contributed by atoms with Crippen molar-refractivity contribution in [2.75, 3.05) is 30.5 Å². The Morgan fingerprint density at radius 3 is 1.87 bits per heavy atom. The summed E-state index contributed by atoms with van der Waals surface area (Å²) < 4.78 is 74.8. The number of benzene rings is 5. The van der Waals surface area contributed by atoms with Crippen LogP contribution in [0.5, 0.6) is 5.75 Å². The van der Waals surface area contributed by atoms with Crippen molar-refractivity contribution in [2.45, 2.75) is 31.6 Å². The number of hydrogen-bond donors (Lipinski definition) is 6. The quantitative estimate of drug-likeness (QED) is 0.0219. The molecule has 0 radical (unpaired) electrons. The molecule has 0 aliphatic heterocycles. The van der Waals surface area contributed by atoms with Gasteiger partial charge in [0.1, 0.15) is 50.3 Å². The number of carboxylic acid groups (broad SMARTS) is 1. The van der Waals surface area contributed by atoms with Crippen LogP contribution in [-0.4, -0.2) is 56.6 Å². The fourth-order valence-corrected chi connectivity index (χ4v) is 6.42. The average Bonchev–Trinajstić information content (AvgIpc) is 3.21. The average molecular weight is 888 g/mol. The van der Waals surface area contributed by atoms with Gasteiger partial charge in [-0.15, -0.1) is 30.7 Å². The third-order valence-corrected chi connectivity index (χ3v) is 9.65. The van der Waals surface area contributed by atoms with Gasteiger partial charge in [0.05, 0.1) is 42.2 Å². The molecule has 322 valence electrons. The molecule has 0 bridgehead atoms. The number of anilines is 3. The van der Waals surface area contributed by atoms with Gasteiger partial charge in [-0.2, -0.15) is 27.1 Å². The van der Waals surface area contributed by atoms with Crippen molar-refractivity contribution in [2.24, 2.45) is 40.9 Å². The van der Waals surface area contributed by atoms with Gasteiger partial charge in [0.15, 0.2) is 0 Å². The first-order valence-electron chi connectivity index (χ1n) is 17.8. The van der Waals surface area contributed by atoms with Crippen LogP contribution in [0.1, 0.15) is 34.8 Å². The molecule has 0 saturated carbocycles. The van der Waals surface area contributed by atoms with Crippen molar-refractivity contribution in [3.8, 4) is 5.75 Å². The molecule has 0 unspecified atom stereocenters. The third-order valence-electron chi connectivity index (χ3n) is 8.30. The number of aromatic carboxylic acids is 1. The van der Waals surface area contributed by atoms with Crippen LogP contribution >= 0.6 is 0 Å². The van der Waals surface area contributed by atoms with Gasteiger partial charge in [-0.3, -0.25) is 13.9 Å². The normalized spacial score (nSPS) is 12.2. The molecule has 0 fully saturated rings. The van der Waals surface area contributed by atoms with Crippen LogP contribution in [0.25, 0.3) is 0 Å². The Morgan fingerprint density at radius 1 is 0.710 bits per heavy atom. The second kappa shape index (κ2) is 19.8. The Labute approximate surface area is 353 Å². The first-order chi connectivity index (χ1) is 29.3. The number of carbonyl (C=O) groups is 2. The van der Waals surface area contributed by atoms with E-state index in [1.165, 1.54) is 38.3 Å². The molecule has 1 amide bonds. The zero-order valence-electron chi connectivity index (χ0n) is 32.9. The van der Waals surface area contributed by atoms with Gasteiger partial charge < -0.3 is 26.6 Å². The summed E-state index contributed by atoms with van der Waals surface area (Å²) in [5.41, 5.74) is 12.3. The highest BCUT2D eigenvalue weighted by Crippen LogP contribution is 2.50. The van der Waals surface area contributed by atoms with E-state index >= 15 is 0 Å². The summed E-state index contributed by atoms with van der Waals surface area (Å²) in [6.45, 7) is 2.68. The number of nitrogens with two attached hydrogens (primary N) is 2. The highest BCUT2D eigenvalue weighted by atomic mass is 32.3. The Kier molecular flexibility index (Phi) is 14.6. The predicted octanol–water partition coefficient (Wildman–Crippen LogP) is 9.48. The van der Waals surface area contributed by atoms with Gasteiger partial charge in [-0.1, -0.05) is 42.0 Å². The van der Waals surface area contributed by atoms with Gasteiger partial charge in [-0.25, -0.2) is 8.98 Å². The molecule has 0 aliphatic carbocycles. The topological polar surface area (TPSA) is 345 Å². The Balaban J connectivity index is 1.60. The van der Waals surface area contributed by atoms with Gasteiger partial charge in [0.25, 0.3) is 10.1 Å². The van der Waals surface area contributed by atoms with E-state index in [9.17, 15) is 36.1 Å². The van der Waals surface area contributed by atoms with Crippen LogP contribution in [0.3, 0.4) is 0 Å². The van der Waals surface area contributed by atoms with E-state index in [1.54, 1.807) is 54.6 Å². The molecule has 0 aliphatic rings. The molecule has 0 saturated heterocycles. The molecule has 62 heavy (non-hydrogen) atoms. The molecule has 5 rings (SSSR count). The van der Waals surface area contributed by atoms with Crippen LogP contribution < -0.4 is 21.5 Å². The molecule has 5 aromatic rings. The minimum absolute atomic E-state index is 0.0477. The summed E-state index contributed by atoms with van der Waals surface area (Å²) in [4.78, 5) is 24.5. The van der Waals surface area contributed by atoms with Crippen LogP contribution in [-0.2, 0) is 35.9 Å². The highest BCUT2D eigenvalue weighted by molar-refractivity contribution is 7.86. The van der Waals surface area contributed by atoms with Crippen molar-refractivity contribution in [3.63, 3.8) is 0 Å². The molecule has 0 aromatic heterocycles. The van der Waals surface area contributed by atoms with E-state index in [1.807, 2.05) is 6.92 Å². The zero-order valence-corrected chi connectivity index (χ0v) is 34.5. The summed E-state index contributed by atoms with van der Waals surface area (Å²) >= 11 is 0. The lowest BCUT2D eigenvalue weighted by Crippen LogP contribution is -2.06. The van der Waals surface area contributed by atoms with Crippen molar-refractivity contribution in [1.29, 1.82) is 0 Å². The number of amides is 1. The number of nitrogens with zero attached hydrogens (tertiary/aromatic N) is 8. The minimum atomic E-state index is -4.88. The minimum Gasteiger partial charge on any atom is -0.494 e.